The highest BCUT2D eigenvalue weighted by Crippen LogP contribution is 2.27. The lowest BCUT2D eigenvalue weighted by Gasteiger charge is -2.13. The van der Waals surface area contributed by atoms with Crippen LogP contribution in [0.2, 0.25) is 0 Å². The van der Waals surface area contributed by atoms with Gasteiger partial charge in [-0.15, -0.1) is 0 Å². The number of aryl methyl sites for hydroxylation is 2. The molecule has 0 N–H and O–H groups in total. The second-order valence-electron chi connectivity index (χ2n) is 3.56. The molecule has 0 aliphatic heterocycles. The molecule has 0 saturated heterocycles. The first kappa shape index (κ1) is 8.86. The van der Waals surface area contributed by atoms with Crippen LogP contribution in [0.25, 0.3) is 0 Å². The summed E-state index contributed by atoms with van der Waals surface area (Å²) >= 11 is 0. The van der Waals surface area contributed by atoms with Crippen molar-refractivity contribution in [3.63, 3.8) is 0 Å². The van der Waals surface area contributed by atoms with Gasteiger partial charge in [-0.3, -0.25) is 0 Å². The first-order chi connectivity index (χ1) is 5.47. The van der Waals surface area contributed by atoms with Gasteiger partial charge in [0.15, 0.2) is 0 Å². The van der Waals surface area contributed by atoms with Gasteiger partial charge in [-0.25, -0.2) is 0 Å². The van der Waals surface area contributed by atoms with Crippen LogP contribution < -0.4 is 0 Å². The van der Waals surface area contributed by atoms with Crippen molar-refractivity contribution in [2.75, 3.05) is 0 Å². The van der Waals surface area contributed by atoms with Gasteiger partial charge in [-0.05, 0) is 33.8 Å². The van der Waals surface area contributed by atoms with Crippen LogP contribution in [0, 0.1) is 25.2 Å². The summed E-state index contributed by atoms with van der Waals surface area (Å²) < 4.78 is 5.35. The fraction of sp³-hybridized carbons (Fsp3) is 0.500. The number of hydrogen-bond donors (Lipinski definition) is 0. The Hall–Kier alpha value is -1.23. The molecule has 0 bridgehead atoms. The van der Waals surface area contributed by atoms with Gasteiger partial charge in [0.2, 0.25) is 0 Å². The van der Waals surface area contributed by atoms with Crippen molar-refractivity contribution in [2.45, 2.75) is 33.1 Å². The van der Waals surface area contributed by atoms with Crippen molar-refractivity contribution in [1.29, 1.82) is 5.26 Å². The molecule has 12 heavy (non-hydrogen) atoms. The number of rotatable bonds is 1. The summed E-state index contributed by atoms with van der Waals surface area (Å²) in [7, 11) is 0. The lowest BCUT2D eigenvalue weighted by Crippen LogP contribution is -2.13. The van der Waals surface area contributed by atoms with Gasteiger partial charge in [0.1, 0.15) is 11.5 Å². The Morgan fingerprint density at radius 1 is 1.42 bits per heavy atom. The van der Waals surface area contributed by atoms with Crippen molar-refractivity contribution in [3.8, 4) is 6.07 Å². The molecule has 0 fully saturated rings. The highest BCUT2D eigenvalue weighted by atomic mass is 16.3. The van der Waals surface area contributed by atoms with Crippen molar-refractivity contribution in [2.24, 2.45) is 0 Å². The van der Waals surface area contributed by atoms with Gasteiger partial charge in [-0.1, -0.05) is 0 Å². The van der Waals surface area contributed by atoms with Gasteiger partial charge in [0.05, 0.1) is 11.5 Å². The standard InChI is InChI=1S/C10H13NO/c1-7-5-9(8(2)12-7)10(3,4)6-11/h5H,1-4H3. The molecule has 64 valence electrons. The van der Waals surface area contributed by atoms with Gasteiger partial charge in [0.25, 0.3) is 0 Å². The van der Waals surface area contributed by atoms with E-state index in [1.165, 1.54) is 0 Å². The Kier molecular flexibility index (Phi) is 1.97. The summed E-state index contributed by atoms with van der Waals surface area (Å²) in [6, 6.07) is 4.18. The smallest absolute Gasteiger partial charge is 0.105 e. The largest absolute Gasteiger partial charge is 0.466 e. The zero-order valence-electron chi connectivity index (χ0n) is 7.93. The molecule has 0 aliphatic carbocycles. The summed E-state index contributed by atoms with van der Waals surface area (Å²) in [5.41, 5.74) is 0.546. The third-order valence-corrected chi connectivity index (χ3v) is 1.99. The molecular weight excluding hydrogens is 150 g/mol. The maximum atomic E-state index is 8.89. The predicted molar refractivity (Wildman–Crippen MR) is 46.8 cm³/mol. The van der Waals surface area contributed by atoms with E-state index in [9.17, 15) is 0 Å². The number of hydrogen-bond acceptors (Lipinski definition) is 2. The minimum Gasteiger partial charge on any atom is -0.466 e. The van der Waals surface area contributed by atoms with Crippen molar-refractivity contribution >= 4 is 0 Å². The Labute approximate surface area is 72.8 Å². The van der Waals surface area contributed by atoms with Crippen molar-refractivity contribution in [3.05, 3.63) is 23.2 Å². The van der Waals surface area contributed by atoms with E-state index in [0.29, 0.717) is 0 Å². The SMILES string of the molecule is Cc1cc(C(C)(C)C#N)c(C)o1. The van der Waals surface area contributed by atoms with E-state index < -0.39 is 5.41 Å². The monoisotopic (exact) mass is 163 g/mol. The van der Waals surface area contributed by atoms with Gasteiger partial charge < -0.3 is 4.42 Å². The van der Waals surface area contributed by atoms with Gasteiger partial charge >= 0.3 is 0 Å². The Morgan fingerprint density at radius 3 is 2.33 bits per heavy atom. The minimum absolute atomic E-state index is 0.443. The fourth-order valence-electron chi connectivity index (χ4n) is 1.31. The second-order valence-corrected chi connectivity index (χ2v) is 3.56. The van der Waals surface area contributed by atoms with Crippen LogP contribution in [0.4, 0.5) is 0 Å². The predicted octanol–water partition coefficient (Wildman–Crippen LogP) is 2.70. The average Bonchev–Trinajstić information content (AvgIpc) is 2.31. The van der Waals surface area contributed by atoms with Crippen LogP contribution >= 0.6 is 0 Å². The summed E-state index contributed by atoms with van der Waals surface area (Å²) in [6.45, 7) is 7.57. The van der Waals surface area contributed by atoms with E-state index in [2.05, 4.69) is 6.07 Å². The molecule has 0 aromatic carbocycles. The number of furan rings is 1. The lowest BCUT2D eigenvalue weighted by molar-refractivity contribution is 0.494. The quantitative estimate of drug-likeness (QED) is 0.638. The number of nitriles is 1. The lowest BCUT2D eigenvalue weighted by atomic mass is 9.86. The summed E-state index contributed by atoms with van der Waals surface area (Å²) in [5.74, 6) is 1.71. The van der Waals surface area contributed by atoms with Crippen LogP contribution in [-0.4, -0.2) is 0 Å². The van der Waals surface area contributed by atoms with E-state index >= 15 is 0 Å². The topological polar surface area (TPSA) is 36.9 Å². The second kappa shape index (κ2) is 2.67. The van der Waals surface area contributed by atoms with Crippen LogP contribution in [0.15, 0.2) is 10.5 Å². The molecule has 0 atom stereocenters. The number of nitrogens with zero attached hydrogens (tertiary/aromatic N) is 1. The van der Waals surface area contributed by atoms with Crippen LogP contribution in [0.5, 0.6) is 0 Å². The first-order valence-corrected chi connectivity index (χ1v) is 3.96. The van der Waals surface area contributed by atoms with E-state index in [1.54, 1.807) is 0 Å². The summed E-state index contributed by atoms with van der Waals surface area (Å²) in [4.78, 5) is 0. The first-order valence-electron chi connectivity index (χ1n) is 3.96. The normalized spacial score (nSPS) is 11.2. The van der Waals surface area contributed by atoms with Crippen LogP contribution in [0.3, 0.4) is 0 Å². The summed E-state index contributed by atoms with van der Waals surface area (Å²) in [5, 5.41) is 8.89. The third kappa shape index (κ3) is 1.35. The fourth-order valence-corrected chi connectivity index (χ4v) is 1.31. The molecule has 0 amide bonds. The zero-order chi connectivity index (χ0) is 9.35. The maximum absolute atomic E-state index is 8.89. The minimum atomic E-state index is -0.443. The Bertz CT molecular complexity index is 328. The highest BCUT2D eigenvalue weighted by Gasteiger charge is 2.24. The van der Waals surface area contributed by atoms with Crippen molar-refractivity contribution < 1.29 is 4.42 Å². The van der Waals surface area contributed by atoms with E-state index in [4.69, 9.17) is 9.68 Å². The Balaban J connectivity index is 3.21. The summed E-state index contributed by atoms with van der Waals surface area (Å²) in [6.07, 6.45) is 0. The zero-order valence-corrected chi connectivity index (χ0v) is 7.93. The molecule has 0 unspecified atom stereocenters. The maximum Gasteiger partial charge on any atom is 0.105 e. The molecule has 1 rings (SSSR count). The van der Waals surface area contributed by atoms with Gasteiger partial charge in [-0.2, -0.15) is 5.26 Å². The van der Waals surface area contributed by atoms with Crippen molar-refractivity contribution in [1.82, 2.24) is 0 Å². The van der Waals surface area contributed by atoms with Gasteiger partial charge in [0, 0.05) is 5.56 Å². The molecule has 0 spiro atoms. The highest BCUT2D eigenvalue weighted by molar-refractivity contribution is 5.33. The molecule has 2 heteroatoms. The van der Waals surface area contributed by atoms with Crippen LogP contribution in [0.1, 0.15) is 30.9 Å². The average molecular weight is 163 g/mol. The Morgan fingerprint density at radius 2 is 2.00 bits per heavy atom. The molecule has 0 aliphatic rings. The van der Waals surface area contributed by atoms with E-state index in [0.717, 1.165) is 17.1 Å². The molecule has 0 radical (unpaired) electrons. The third-order valence-electron chi connectivity index (χ3n) is 1.99. The van der Waals surface area contributed by atoms with E-state index in [1.807, 2.05) is 33.8 Å². The molecular formula is C10H13NO. The van der Waals surface area contributed by atoms with Crippen LogP contribution in [-0.2, 0) is 5.41 Å². The molecule has 0 saturated carbocycles. The molecule has 1 heterocycles. The molecule has 2 nitrogen and oxygen atoms in total. The molecule has 1 aromatic heterocycles. The molecule has 1 aromatic rings. The van der Waals surface area contributed by atoms with E-state index in [-0.39, 0.29) is 0 Å².